The second kappa shape index (κ2) is 13.0. The van der Waals surface area contributed by atoms with E-state index in [0.29, 0.717) is 32.4 Å². The summed E-state index contributed by atoms with van der Waals surface area (Å²) >= 11 is 7.39. The number of rotatable bonds is 11. The number of methoxy groups -OCH3 is 2. The molecule has 2 aromatic carbocycles. The fourth-order valence-corrected chi connectivity index (χ4v) is 5.76. The van der Waals surface area contributed by atoms with E-state index in [9.17, 15) is 14.4 Å². The molecular weight excluding hydrogens is 594 g/mol. The number of esters is 1. The van der Waals surface area contributed by atoms with Crippen molar-refractivity contribution in [2.45, 2.75) is 38.8 Å². The first-order valence-electron chi connectivity index (χ1n) is 13.8. The molecule has 0 unspecified atom stereocenters. The molecule has 1 N–H and O–H groups in total. The molecule has 1 aliphatic carbocycles. The van der Waals surface area contributed by atoms with Crippen LogP contribution in [0.2, 0.25) is 5.02 Å². The van der Waals surface area contributed by atoms with Gasteiger partial charge >= 0.3 is 12.1 Å². The highest BCUT2D eigenvalue weighted by Crippen LogP contribution is 2.37. The highest BCUT2D eigenvalue weighted by atomic mass is 35.5. The first-order chi connectivity index (χ1) is 20.7. The summed E-state index contributed by atoms with van der Waals surface area (Å²) in [5, 5.41) is 3.18. The van der Waals surface area contributed by atoms with Crippen molar-refractivity contribution in [3.63, 3.8) is 0 Å². The van der Waals surface area contributed by atoms with Crippen LogP contribution in [-0.4, -0.2) is 54.6 Å². The van der Waals surface area contributed by atoms with Crippen LogP contribution >= 0.6 is 22.9 Å². The highest BCUT2D eigenvalue weighted by Gasteiger charge is 2.37. The maximum absolute atomic E-state index is 13.5. The molecule has 0 bridgehead atoms. The van der Waals surface area contributed by atoms with Gasteiger partial charge in [-0.15, -0.1) is 11.3 Å². The fourth-order valence-electron chi connectivity index (χ4n) is 4.59. The number of halogens is 1. The van der Waals surface area contributed by atoms with Gasteiger partial charge in [-0.25, -0.2) is 14.6 Å². The molecule has 0 aliphatic heterocycles. The van der Waals surface area contributed by atoms with Crippen LogP contribution in [0.25, 0.3) is 26.3 Å². The summed E-state index contributed by atoms with van der Waals surface area (Å²) in [6.45, 7) is 3.73. The third-order valence-electron chi connectivity index (χ3n) is 7.19. The van der Waals surface area contributed by atoms with Gasteiger partial charge in [0.2, 0.25) is 0 Å². The van der Waals surface area contributed by atoms with Crippen LogP contribution in [0.3, 0.4) is 0 Å². The summed E-state index contributed by atoms with van der Waals surface area (Å²) in [5.41, 5.74) is 1.93. The molecule has 0 spiro atoms. The summed E-state index contributed by atoms with van der Waals surface area (Å²) in [4.78, 5) is 43.5. The molecule has 5 rings (SSSR count). The number of carbonyl (C=O) groups excluding carboxylic acids is 2. The molecule has 43 heavy (non-hydrogen) atoms. The van der Waals surface area contributed by atoms with Crippen LogP contribution in [0.5, 0.6) is 11.5 Å². The number of ether oxygens (including phenoxy) is 4. The number of benzene rings is 2. The monoisotopic (exact) mass is 625 g/mol. The number of hydrogen-bond donors (Lipinski definition) is 1. The second-order valence-corrected chi connectivity index (χ2v) is 12.1. The van der Waals surface area contributed by atoms with Crippen molar-refractivity contribution in [2.24, 2.45) is 11.8 Å². The lowest BCUT2D eigenvalue weighted by atomic mass is 10.0. The van der Waals surface area contributed by atoms with Gasteiger partial charge in [0, 0.05) is 16.0 Å². The van der Waals surface area contributed by atoms with E-state index in [1.807, 2.05) is 44.2 Å². The lowest BCUT2D eigenvalue weighted by Gasteiger charge is -2.24. The number of aromatic nitrogens is 2. The molecule has 1 amide bonds. The summed E-state index contributed by atoms with van der Waals surface area (Å²) < 4.78 is 24.1. The Morgan fingerprint density at radius 3 is 2.49 bits per heavy atom. The van der Waals surface area contributed by atoms with Crippen molar-refractivity contribution in [1.82, 2.24) is 14.9 Å². The van der Waals surface area contributed by atoms with Gasteiger partial charge in [0.1, 0.15) is 29.8 Å². The predicted octanol–water partition coefficient (Wildman–Crippen LogP) is 5.86. The third kappa shape index (κ3) is 6.94. The van der Waals surface area contributed by atoms with E-state index in [0.717, 1.165) is 23.3 Å². The molecule has 226 valence electrons. The molecule has 2 heterocycles. The lowest BCUT2D eigenvalue weighted by molar-refractivity contribution is -0.155. The molecule has 2 aromatic heterocycles. The van der Waals surface area contributed by atoms with E-state index in [4.69, 9.17) is 25.8 Å². The summed E-state index contributed by atoms with van der Waals surface area (Å²) in [6.07, 6.45) is 2.12. The molecule has 0 radical (unpaired) electrons. The number of hydrogen-bond acceptors (Lipinski definition) is 9. The minimum atomic E-state index is -0.850. The van der Waals surface area contributed by atoms with Gasteiger partial charge in [0.15, 0.2) is 11.5 Å². The van der Waals surface area contributed by atoms with Crippen molar-refractivity contribution in [3.05, 3.63) is 70.2 Å². The molecule has 12 heteroatoms. The molecule has 2 atom stereocenters. The Morgan fingerprint density at radius 2 is 1.84 bits per heavy atom. The standard InChI is InChI=1S/C31H32ClN3O7S/c1-17(2)27(34-31(38)40-4)30(37)42-25(18-5-6-18)15-41-23-12-11-21(13-24(23)39-3)35-16-33-22-14-26(43-28(22)29(35)36)19-7-9-20(32)10-8-19/h7-14,16-18,25,27H,5-6,15H2,1-4H3,(H,34,38)/t25-,27-/m0/s1. The zero-order valence-electron chi connectivity index (χ0n) is 24.2. The minimum absolute atomic E-state index is 0.102. The van der Waals surface area contributed by atoms with E-state index in [1.165, 1.54) is 36.5 Å². The van der Waals surface area contributed by atoms with E-state index < -0.39 is 24.2 Å². The topological polar surface area (TPSA) is 118 Å². The van der Waals surface area contributed by atoms with E-state index in [2.05, 4.69) is 15.0 Å². The average molecular weight is 626 g/mol. The van der Waals surface area contributed by atoms with Crippen LogP contribution in [0.15, 0.2) is 59.7 Å². The number of nitrogens with zero attached hydrogens (tertiary/aromatic N) is 2. The number of alkyl carbamates (subject to hydrolysis) is 1. The Labute approximate surface area is 257 Å². The molecule has 1 fully saturated rings. The number of nitrogens with one attached hydrogen (secondary N) is 1. The first kappa shape index (κ1) is 30.4. The minimum Gasteiger partial charge on any atom is -0.493 e. The van der Waals surface area contributed by atoms with E-state index >= 15 is 0 Å². The van der Waals surface area contributed by atoms with Crippen LogP contribution in [-0.2, 0) is 14.3 Å². The van der Waals surface area contributed by atoms with E-state index in [1.54, 1.807) is 18.2 Å². The molecular formula is C31H32ClN3O7S. The molecule has 10 nitrogen and oxygen atoms in total. The largest absolute Gasteiger partial charge is 0.493 e. The summed E-state index contributed by atoms with van der Waals surface area (Å²) in [6, 6.07) is 13.6. The predicted molar refractivity (Wildman–Crippen MR) is 164 cm³/mol. The van der Waals surface area contributed by atoms with Gasteiger partial charge in [-0.3, -0.25) is 9.36 Å². The normalized spacial score (nSPS) is 14.3. The van der Waals surface area contributed by atoms with Gasteiger partial charge < -0.3 is 24.3 Å². The Hall–Kier alpha value is -4.09. The van der Waals surface area contributed by atoms with Crippen molar-refractivity contribution in [2.75, 3.05) is 20.8 Å². The summed E-state index contributed by atoms with van der Waals surface area (Å²) in [7, 11) is 2.75. The van der Waals surface area contributed by atoms with Gasteiger partial charge in [-0.1, -0.05) is 37.6 Å². The molecule has 0 saturated heterocycles. The average Bonchev–Trinajstić information content (AvgIpc) is 3.76. The first-order valence-corrected chi connectivity index (χ1v) is 15.0. The van der Waals surface area contributed by atoms with Crippen LogP contribution in [0.4, 0.5) is 4.79 Å². The van der Waals surface area contributed by atoms with E-state index in [-0.39, 0.29) is 24.0 Å². The number of amides is 1. The highest BCUT2D eigenvalue weighted by molar-refractivity contribution is 7.22. The Balaban J connectivity index is 1.32. The smallest absolute Gasteiger partial charge is 0.407 e. The maximum atomic E-state index is 13.5. The SMILES string of the molecule is COC(=O)N[C@H](C(=O)O[C@@H](COc1ccc(-n2cnc3cc(-c4ccc(Cl)cc4)sc3c2=O)cc1OC)C1CC1)C(C)C. The van der Waals surface area contributed by atoms with Crippen molar-refractivity contribution in [3.8, 4) is 27.6 Å². The van der Waals surface area contributed by atoms with Crippen molar-refractivity contribution >= 4 is 45.2 Å². The number of thiophene rings is 1. The van der Waals surface area contributed by atoms with Crippen LogP contribution in [0.1, 0.15) is 26.7 Å². The second-order valence-electron chi connectivity index (χ2n) is 10.6. The van der Waals surface area contributed by atoms with Crippen molar-refractivity contribution in [1.29, 1.82) is 0 Å². The molecule has 1 aliphatic rings. The zero-order chi connectivity index (χ0) is 30.7. The third-order valence-corrected chi connectivity index (χ3v) is 8.60. The fraction of sp³-hybridized carbons (Fsp3) is 0.355. The van der Waals surface area contributed by atoms with Crippen molar-refractivity contribution < 1.29 is 28.5 Å². The van der Waals surface area contributed by atoms with Crippen LogP contribution in [0, 0.1) is 11.8 Å². The molecule has 4 aromatic rings. The Kier molecular flexibility index (Phi) is 9.22. The quantitative estimate of drug-likeness (QED) is 0.206. The maximum Gasteiger partial charge on any atom is 0.407 e. The lowest BCUT2D eigenvalue weighted by Crippen LogP contribution is -2.47. The van der Waals surface area contributed by atoms with Gasteiger partial charge in [0.05, 0.1) is 25.4 Å². The summed E-state index contributed by atoms with van der Waals surface area (Å²) in [5.74, 6) is 0.267. The molecule has 1 saturated carbocycles. The Bertz CT molecular complexity index is 1680. The number of fused-ring (bicyclic) bond motifs is 1. The Morgan fingerprint density at radius 1 is 1.09 bits per heavy atom. The zero-order valence-corrected chi connectivity index (χ0v) is 25.7. The number of carbonyl (C=O) groups is 2. The van der Waals surface area contributed by atoms with Gasteiger partial charge in [-0.2, -0.15) is 0 Å². The van der Waals surface area contributed by atoms with Gasteiger partial charge in [-0.05, 0) is 60.6 Å². The van der Waals surface area contributed by atoms with Crippen LogP contribution < -0.4 is 20.3 Å². The van der Waals surface area contributed by atoms with Gasteiger partial charge in [0.25, 0.3) is 5.56 Å².